The summed E-state index contributed by atoms with van der Waals surface area (Å²) in [6.07, 6.45) is 43.2. The number of unbranched alkanes of at least 4 members (excludes halogenated alkanes) is 23. The third-order valence-electron chi connectivity index (χ3n) is 6.39. The largest absolute Gasteiger partial charge is 0.286 e. The maximum absolute atomic E-state index is 10.0. The number of carbonyl (C=O) groups excluding carboxylic acids is 1. The molecule has 181 valence electrons. The van der Waals surface area contributed by atoms with E-state index in [1.54, 1.807) is 12.4 Å². The molecule has 31 heavy (non-hydrogen) atoms. The summed E-state index contributed by atoms with van der Waals surface area (Å²) in [5.74, 6) is 0. The third-order valence-corrected chi connectivity index (χ3v) is 6.39. The fourth-order valence-corrected chi connectivity index (χ4v) is 4.32. The normalized spacial score (nSPS) is 11.8. The maximum Gasteiger partial charge on any atom is 0.225 e. The van der Waals surface area contributed by atoms with Crippen LogP contribution in [0.2, 0.25) is 0 Å². The summed E-state index contributed by atoms with van der Waals surface area (Å²) in [5.41, 5.74) is 0. The molecule has 0 fully saturated rings. The van der Waals surface area contributed by atoms with Crippen LogP contribution in [0.3, 0.4) is 0 Å². The van der Waals surface area contributed by atoms with Crippen LogP contribution in [0.1, 0.15) is 161 Å². The molecule has 0 heterocycles. The van der Waals surface area contributed by atoms with Crippen molar-refractivity contribution < 1.29 is 4.79 Å². The van der Waals surface area contributed by atoms with Gasteiger partial charge in [0.2, 0.25) is 6.29 Å². The summed E-state index contributed by atoms with van der Waals surface area (Å²) >= 11 is 0. The topological polar surface area (TPSA) is 17.1 Å². The quantitative estimate of drug-likeness (QED) is 0.0756. The van der Waals surface area contributed by atoms with Gasteiger partial charge in [-0.3, -0.25) is 4.79 Å². The fraction of sp³-hybridized carbons (Fsp3) is 0.833. The molecule has 0 rings (SSSR count). The summed E-state index contributed by atoms with van der Waals surface area (Å²) in [4.78, 5) is 10.0. The first kappa shape index (κ1) is 30.1. The van der Waals surface area contributed by atoms with Crippen LogP contribution in [0.4, 0.5) is 0 Å². The molecule has 0 aromatic heterocycles. The molecule has 0 bridgehead atoms. The van der Waals surface area contributed by atoms with E-state index in [1.165, 1.54) is 154 Å². The second-order valence-electron chi connectivity index (χ2n) is 9.47. The summed E-state index contributed by atoms with van der Waals surface area (Å²) in [5, 5.41) is 0. The summed E-state index contributed by atoms with van der Waals surface area (Å²) in [6, 6.07) is 0. The van der Waals surface area contributed by atoms with Crippen molar-refractivity contribution in [2.75, 3.05) is 0 Å². The van der Waals surface area contributed by atoms with E-state index in [0.29, 0.717) is 0 Å². The molecule has 0 aromatic carbocycles. The molecular weight excluding hydrogens is 376 g/mol. The third kappa shape index (κ3) is 29.1. The highest BCUT2D eigenvalue weighted by atomic mass is 16.1. The van der Waals surface area contributed by atoms with Gasteiger partial charge in [-0.05, 0) is 18.9 Å². The molecule has 0 spiro atoms. The van der Waals surface area contributed by atoms with Crippen LogP contribution < -0.4 is 0 Å². The van der Waals surface area contributed by atoms with Crippen LogP contribution in [0, 0.1) is 0 Å². The first-order valence-electron chi connectivity index (χ1n) is 14.1. The van der Waals surface area contributed by atoms with Crippen LogP contribution in [0.15, 0.2) is 24.3 Å². The van der Waals surface area contributed by atoms with Gasteiger partial charge in [0.05, 0.1) is 0 Å². The van der Waals surface area contributed by atoms with Crippen molar-refractivity contribution in [3.8, 4) is 0 Å². The van der Waals surface area contributed by atoms with Gasteiger partial charge in [-0.1, -0.05) is 166 Å². The predicted molar refractivity (Wildman–Crippen MR) is 140 cm³/mol. The molecule has 1 nitrogen and oxygen atoms in total. The number of hydrogen-bond donors (Lipinski definition) is 0. The highest BCUT2D eigenvalue weighted by Crippen LogP contribution is 2.15. The molecule has 0 unspecified atom stereocenters. The van der Waals surface area contributed by atoms with Crippen molar-refractivity contribution in [3.05, 3.63) is 24.3 Å². The number of hydrogen-bond acceptors (Lipinski definition) is 1. The second-order valence-corrected chi connectivity index (χ2v) is 9.47. The van der Waals surface area contributed by atoms with E-state index < -0.39 is 0 Å². The van der Waals surface area contributed by atoms with Crippen molar-refractivity contribution in [2.45, 2.75) is 161 Å². The minimum Gasteiger partial charge on any atom is -0.286 e. The molecule has 0 aliphatic rings. The van der Waals surface area contributed by atoms with Gasteiger partial charge in [-0.2, -0.15) is 0 Å². The van der Waals surface area contributed by atoms with E-state index in [-0.39, 0.29) is 0 Å². The van der Waals surface area contributed by atoms with Crippen LogP contribution in [0.5, 0.6) is 0 Å². The highest BCUT2D eigenvalue weighted by Gasteiger charge is 1.95. The minimum absolute atomic E-state index is 1.13. The van der Waals surface area contributed by atoms with Gasteiger partial charge >= 0.3 is 0 Å². The lowest BCUT2D eigenvalue weighted by Crippen LogP contribution is -1.84. The Kier molecular flexibility index (Phi) is 28.4. The summed E-state index contributed by atoms with van der Waals surface area (Å²) < 4.78 is 0. The molecule has 0 aromatic rings. The van der Waals surface area contributed by atoms with E-state index in [1.807, 2.05) is 6.08 Å². The van der Waals surface area contributed by atoms with Gasteiger partial charge in [0.1, 0.15) is 0 Å². The molecule has 0 aliphatic heterocycles. The Morgan fingerprint density at radius 1 is 0.452 bits per heavy atom. The molecule has 0 aliphatic carbocycles. The molecule has 0 saturated carbocycles. The van der Waals surface area contributed by atoms with Gasteiger partial charge in [0.25, 0.3) is 0 Å². The van der Waals surface area contributed by atoms with Gasteiger partial charge in [-0.15, -0.1) is 0 Å². The predicted octanol–water partition coefficient (Wildman–Crippen LogP) is 10.6. The van der Waals surface area contributed by atoms with Crippen molar-refractivity contribution in [1.82, 2.24) is 0 Å². The molecule has 1 radical (unpaired) electrons. The lowest BCUT2D eigenvalue weighted by atomic mass is 10.0. The van der Waals surface area contributed by atoms with Crippen molar-refractivity contribution in [3.63, 3.8) is 0 Å². The van der Waals surface area contributed by atoms with Gasteiger partial charge in [-0.25, -0.2) is 0 Å². The van der Waals surface area contributed by atoms with Crippen LogP contribution in [-0.2, 0) is 4.79 Å². The first-order chi connectivity index (χ1) is 15.4. The highest BCUT2D eigenvalue weighted by molar-refractivity contribution is 5.66. The first-order valence-corrected chi connectivity index (χ1v) is 14.1. The average Bonchev–Trinajstić information content (AvgIpc) is 2.78. The van der Waals surface area contributed by atoms with E-state index in [0.717, 1.165) is 6.42 Å². The van der Waals surface area contributed by atoms with Crippen LogP contribution >= 0.6 is 0 Å². The SMILES string of the molecule is CCCCCCCCCCCCCCCCCCCCCCCCCC=CC=C[C]=O. The second kappa shape index (κ2) is 29.1. The van der Waals surface area contributed by atoms with Gasteiger partial charge in [0, 0.05) is 0 Å². The molecule has 0 N–H and O–H groups in total. The molecule has 1 heteroatoms. The minimum atomic E-state index is 1.13. The van der Waals surface area contributed by atoms with Gasteiger partial charge in [0.15, 0.2) is 0 Å². The maximum atomic E-state index is 10.0. The summed E-state index contributed by atoms with van der Waals surface area (Å²) in [7, 11) is 0. The Bertz CT molecular complexity index is 382. The van der Waals surface area contributed by atoms with Crippen molar-refractivity contribution in [1.29, 1.82) is 0 Å². The zero-order chi connectivity index (χ0) is 22.5. The van der Waals surface area contributed by atoms with Crippen molar-refractivity contribution >= 4 is 6.29 Å². The molecule has 0 amide bonds. The Hall–Kier alpha value is -0.850. The van der Waals surface area contributed by atoms with Gasteiger partial charge < -0.3 is 0 Å². The Labute approximate surface area is 196 Å². The fourth-order valence-electron chi connectivity index (χ4n) is 4.32. The van der Waals surface area contributed by atoms with E-state index in [2.05, 4.69) is 13.0 Å². The van der Waals surface area contributed by atoms with Crippen molar-refractivity contribution in [2.24, 2.45) is 0 Å². The van der Waals surface area contributed by atoms with Crippen LogP contribution in [0.25, 0.3) is 0 Å². The zero-order valence-corrected chi connectivity index (χ0v) is 21.2. The Morgan fingerprint density at radius 3 is 1.10 bits per heavy atom. The number of allylic oxidation sites excluding steroid dienone is 4. The molecule has 0 saturated heterocycles. The Morgan fingerprint density at radius 2 is 0.774 bits per heavy atom. The summed E-state index contributed by atoms with van der Waals surface area (Å²) in [6.45, 7) is 2.30. The molecular formula is C30H55O. The molecule has 0 atom stereocenters. The number of rotatable bonds is 26. The Balaban J connectivity index is 3.04. The van der Waals surface area contributed by atoms with E-state index in [4.69, 9.17) is 0 Å². The lowest BCUT2D eigenvalue weighted by Gasteiger charge is -2.04. The van der Waals surface area contributed by atoms with E-state index in [9.17, 15) is 4.79 Å². The smallest absolute Gasteiger partial charge is 0.225 e. The van der Waals surface area contributed by atoms with E-state index >= 15 is 0 Å². The van der Waals surface area contributed by atoms with Crippen LogP contribution in [-0.4, -0.2) is 6.29 Å². The average molecular weight is 432 g/mol. The lowest BCUT2D eigenvalue weighted by molar-refractivity contribution is 0.518. The monoisotopic (exact) mass is 431 g/mol. The zero-order valence-electron chi connectivity index (χ0n) is 21.2. The standard InChI is InChI=1S/C30H55O/c1-2-3-4-5-6-7-8-9-10-11-12-13-14-15-16-17-18-19-20-21-22-23-24-25-26-27-28-29-30-31/h26-29H,2-25H2,1H3.